The van der Waals surface area contributed by atoms with E-state index < -0.39 is 22.3 Å². The summed E-state index contributed by atoms with van der Waals surface area (Å²) in [5.41, 5.74) is 5.29. The van der Waals surface area contributed by atoms with E-state index in [0.29, 0.717) is 0 Å². The first-order valence-corrected chi connectivity index (χ1v) is 6.62. The topological polar surface area (TPSA) is 81.4 Å². The number of nitrogens with one attached hydrogen (secondary N) is 1. The van der Waals surface area contributed by atoms with E-state index in [9.17, 15) is 21.6 Å². The van der Waals surface area contributed by atoms with Gasteiger partial charge in [0.25, 0.3) is 0 Å². The number of rotatable bonds is 4. The maximum absolute atomic E-state index is 12.3. The maximum Gasteiger partial charge on any atom is 0.425 e. The van der Waals surface area contributed by atoms with Gasteiger partial charge in [0.15, 0.2) is 6.10 Å². The minimum atomic E-state index is -4.53. The van der Waals surface area contributed by atoms with E-state index in [0.717, 1.165) is 25.1 Å². The molecule has 0 aliphatic rings. The zero-order valence-electron chi connectivity index (χ0n) is 10.2. The zero-order valence-corrected chi connectivity index (χ0v) is 11.0. The molecule has 0 spiro atoms. The molecule has 1 aromatic carbocycles. The lowest BCUT2D eigenvalue weighted by Crippen LogP contribution is -2.31. The fourth-order valence-electron chi connectivity index (χ4n) is 1.18. The second-order valence-corrected chi connectivity index (χ2v) is 5.60. The average Bonchev–Trinajstić information content (AvgIpc) is 2.30. The summed E-state index contributed by atoms with van der Waals surface area (Å²) in [6.07, 6.45) is -6.57. The Balaban J connectivity index is 3.03. The van der Waals surface area contributed by atoms with Crippen molar-refractivity contribution in [1.82, 2.24) is 4.72 Å². The molecular formula is C10H13F3N2O3S. The van der Waals surface area contributed by atoms with Gasteiger partial charge >= 0.3 is 6.18 Å². The molecule has 0 amide bonds. The standard InChI is InChI=1S/C10H13F3N2O3S/c1-6(10(11,12)13)18-9-4-3-7(5-8(9)14)19(16,17)15-2/h3-6,15H,14H2,1-2H3. The van der Waals surface area contributed by atoms with E-state index in [1.807, 2.05) is 0 Å². The van der Waals surface area contributed by atoms with Gasteiger partial charge in [-0.05, 0) is 32.2 Å². The molecule has 0 heterocycles. The van der Waals surface area contributed by atoms with Crippen LogP contribution in [0.1, 0.15) is 6.92 Å². The van der Waals surface area contributed by atoms with Crippen LogP contribution in [0.15, 0.2) is 23.1 Å². The Labute approximate surface area is 108 Å². The average molecular weight is 298 g/mol. The summed E-state index contributed by atoms with van der Waals surface area (Å²) in [7, 11) is -2.49. The Bertz CT molecular complexity index is 558. The van der Waals surface area contributed by atoms with Crippen LogP contribution in [0.5, 0.6) is 5.75 Å². The second-order valence-electron chi connectivity index (χ2n) is 3.71. The van der Waals surface area contributed by atoms with E-state index in [1.54, 1.807) is 0 Å². The summed E-state index contributed by atoms with van der Waals surface area (Å²) in [5.74, 6) is -0.222. The predicted molar refractivity (Wildman–Crippen MR) is 63.2 cm³/mol. The van der Waals surface area contributed by atoms with Crippen molar-refractivity contribution in [2.45, 2.75) is 24.1 Å². The molecule has 108 valence electrons. The Hall–Kier alpha value is -1.48. The largest absolute Gasteiger partial charge is 0.479 e. The summed E-state index contributed by atoms with van der Waals surface area (Å²) in [4.78, 5) is -0.153. The number of hydrogen-bond donors (Lipinski definition) is 2. The van der Waals surface area contributed by atoms with Crippen LogP contribution in [-0.4, -0.2) is 27.7 Å². The molecule has 1 rings (SSSR count). The van der Waals surface area contributed by atoms with E-state index >= 15 is 0 Å². The number of benzene rings is 1. The number of sulfonamides is 1. The van der Waals surface area contributed by atoms with Gasteiger partial charge in [-0.3, -0.25) is 0 Å². The molecule has 1 unspecified atom stereocenters. The fourth-order valence-corrected chi connectivity index (χ4v) is 1.94. The molecule has 0 aromatic heterocycles. The number of halogens is 3. The highest BCUT2D eigenvalue weighted by Gasteiger charge is 2.38. The molecule has 0 saturated carbocycles. The third kappa shape index (κ3) is 3.74. The lowest BCUT2D eigenvalue weighted by atomic mass is 10.3. The summed E-state index contributed by atoms with van der Waals surface area (Å²) in [6.45, 7) is 0.831. The van der Waals surface area contributed by atoms with Crippen molar-refractivity contribution in [3.05, 3.63) is 18.2 Å². The molecule has 0 saturated heterocycles. The van der Waals surface area contributed by atoms with Crippen molar-refractivity contribution in [3.63, 3.8) is 0 Å². The van der Waals surface area contributed by atoms with Gasteiger partial charge in [-0.25, -0.2) is 13.1 Å². The van der Waals surface area contributed by atoms with Crippen LogP contribution in [0.25, 0.3) is 0 Å². The summed E-state index contributed by atoms with van der Waals surface area (Å²) in [5, 5.41) is 0. The number of alkyl halides is 3. The zero-order chi connectivity index (χ0) is 14.8. The molecule has 0 fully saturated rings. The molecule has 9 heteroatoms. The first-order chi connectivity index (χ1) is 8.58. The molecule has 1 atom stereocenters. The Morgan fingerprint density at radius 3 is 2.37 bits per heavy atom. The minimum absolute atomic E-state index is 0.153. The molecule has 1 aromatic rings. The van der Waals surface area contributed by atoms with Gasteiger partial charge in [-0.1, -0.05) is 0 Å². The Kier molecular flexibility index (Phi) is 4.31. The highest BCUT2D eigenvalue weighted by Crippen LogP contribution is 2.30. The molecule has 0 aliphatic heterocycles. The van der Waals surface area contributed by atoms with Gasteiger partial charge in [0.05, 0.1) is 10.6 Å². The molecule has 5 nitrogen and oxygen atoms in total. The first kappa shape index (κ1) is 15.6. The summed E-state index contributed by atoms with van der Waals surface area (Å²) >= 11 is 0. The van der Waals surface area contributed by atoms with E-state index in [2.05, 4.69) is 9.46 Å². The highest BCUT2D eigenvalue weighted by atomic mass is 32.2. The lowest BCUT2D eigenvalue weighted by molar-refractivity contribution is -0.189. The second kappa shape index (κ2) is 5.25. The SMILES string of the molecule is CNS(=O)(=O)c1ccc(OC(C)C(F)(F)F)c(N)c1. The van der Waals surface area contributed by atoms with Crippen molar-refractivity contribution >= 4 is 15.7 Å². The van der Waals surface area contributed by atoms with Gasteiger partial charge in [-0.15, -0.1) is 0 Å². The third-order valence-corrected chi connectivity index (χ3v) is 3.74. The van der Waals surface area contributed by atoms with Crippen LogP contribution in [-0.2, 0) is 10.0 Å². The number of anilines is 1. The van der Waals surface area contributed by atoms with Gasteiger partial charge in [0.1, 0.15) is 5.75 Å². The van der Waals surface area contributed by atoms with Crippen LogP contribution < -0.4 is 15.2 Å². The first-order valence-electron chi connectivity index (χ1n) is 5.14. The third-order valence-electron chi connectivity index (χ3n) is 2.32. The summed E-state index contributed by atoms with van der Waals surface area (Å²) < 4.78 is 66.6. The molecule has 0 radical (unpaired) electrons. The smallest absolute Gasteiger partial charge is 0.425 e. The number of hydrogen-bond acceptors (Lipinski definition) is 4. The predicted octanol–water partition coefficient (Wildman–Crippen LogP) is 1.51. The van der Waals surface area contributed by atoms with Crippen LogP contribution in [0.3, 0.4) is 0 Å². The van der Waals surface area contributed by atoms with Crippen molar-refractivity contribution < 1.29 is 26.3 Å². The van der Waals surface area contributed by atoms with Crippen LogP contribution >= 0.6 is 0 Å². The number of ether oxygens (including phenoxy) is 1. The van der Waals surface area contributed by atoms with Crippen molar-refractivity contribution in [2.75, 3.05) is 12.8 Å². The van der Waals surface area contributed by atoms with E-state index in [1.165, 1.54) is 7.05 Å². The lowest BCUT2D eigenvalue weighted by Gasteiger charge is -2.19. The van der Waals surface area contributed by atoms with Crippen LogP contribution in [0.4, 0.5) is 18.9 Å². The molecule has 3 N–H and O–H groups in total. The van der Waals surface area contributed by atoms with Crippen molar-refractivity contribution in [3.8, 4) is 5.75 Å². The maximum atomic E-state index is 12.3. The summed E-state index contributed by atoms with van der Waals surface area (Å²) in [6, 6.07) is 3.23. The van der Waals surface area contributed by atoms with Gasteiger partial charge in [0.2, 0.25) is 10.0 Å². The Morgan fingerprint density at radius 1 is 1.37 bits per heavy atom. The minimum Gasteiger partial charge on any atom is -0.479 e. The molecule has 0 aliphatic carbocycles. The van der Waals surface area contributed by atoms with Crippen LogP contribution in [0, 0.1) is 0 Å². The monoisotopic (exact) mass is 298 g/mol. The molecule has 0 bridgehead atoms. The van der Waals surface area contributed by atoms with Gasteiger partial charge in [-0.2, -0.15) is 13.2 Å². The van der Waals surface area contributed by atoms with Gasteiger partial charge in [0, 0.05) is 0 Å². The van der Waals surface area contributed by atoms with Gasteiger partial charge < -0.3 is 10.5 Å². The number of nitrogen functional groups attached to an aromatic ring is 1. The molecular weight excluding hydrogens is 285 g/mol. The van der Waals surface area contributed by atoms with E-state index in [4.69, 9.17) is 5.73 Å². The van der Waals surface area contributed by atoms with Crippen LogP contribution in [0.2, 0.25) is 0 Å². The quantitative estimate of drug-likeness (QED) is 0.826. The van der Waals surface area contributed by atoms with Crippen molar-refractivity contribution in [1.29, 1.82) is 0 Å². The fraction of sp³-hybridized carbons (Fsp3) is 0.400. The normalized spacial score (nSPS) is 14.2. The van der Waals surface area contributed by atoms with E-state index in [-0.39, 0.29) is 16.3 Å². The molecule has 19 heavy (non-hydrogen) atoms. The highest BCUT2D eigenvalue weighted by molar-refractivity contribution is 7.89. The number of nitrogens with two attached hydrogens (primary N) is 1. The van der Waals surface area contributed by atoms with Crippen molar-refractivity contribution in [2.24, 2.45) is 0 Å². The Morgan fingerprint density at radius 2 is 1.95 bits per heavy atom.